The van der Waals surface area contributed by atoms with Crippen LogP contribution in [0.4, 0.5) is 4.39 Å². The highest BCUT2D eigenvalue weighted by molar-refractivity contribution is 5.72. The van der Waals surface area contributed by atoms with Crippen LogP contribution in [-0.2, 0) is 6.54 Å². The molecular weight excluding hydrogens is 269 g/mol. The van der Waals surface area contributed by atoms with Gasteiger partial charge >= 0.3 is 0 Å². The predicted octanol–water partition coefficient (Wildman–Crippen LogP) is 2.79. The maximum Gasteiger partial charge on any atom is 0.209 e. The normalized spacial score (nSPS) is 17.6. The minimum absolute atomic E-state index is 0.271. The predicted molar refractivity (Wildman–Crippen MR) is 80.5 cm³/mol. The summed E-state index contributed by atoms with van der Waals surface area (Å²) in [6, 6.07) is 4.47. The molecule has 1 aromatic carbocycles. The van der Waals surface area contributed by atoms with Gasteiger partial charge in [-0.3, -0.25) is 4.90 Å². The van der Waals surface area contributed by atoms with Crippen molar-refractivity contribution in [2.75, 3.05) is 26.7 Å². The van der Waals surface area contributed by atoms with Gasteiger partial charge in [-0.25, -0.2) is 9.37 Å². The second-order valence-electron chi connectivity index (χ2n) is 5.83. The van der Waals surface area contributed by atoms with Gasteiger partial charge in [-0.05, 0) is 64.0 Å². The molecule has 114 valence electrons. The summed E-state index contributed by atoms with van der Waals surface area (Å²) in [6.45, 7) is 3.99. The molecule has 1 aliphatic rings. The van der Waals surface area contributed by atoms with Gasteiger partial charge in [0.25, 0.3) is 0 Å². The van der Waals surface area contributed by atoms with Gasteiger partial charge in [0.2, 0.25) is 5.89 Å². The first-order valence-electron chi connectivity index (χ1n) is 7.66. The van der Waals surface area contributed by atoms with Gasteiger partial charge in [0.15, 0.2) is 5.58 Å². The summed E-state index contributed by atoms with van der Waals surface area (Å²) in [7, 11) is 2.01. The van der Waals surface area contributed by atoms with Crippen molar-refractivity contribution in [1.29, 1.82) is 0 Å². The van der Waals surface area contributed by atoms with Crippen LogP contribution >= 0.6 is 0 Å². The van der Waals surface area contributed by atoms with Crippen molar-refractivity contribution >= 4 is 11.1 Å². The summed E-state index contributed by atoms with van der Waals surface area (Å²) in [6.07, 6.45) is 3.72. The molecule has 0 aliphatic carbocycles. The second kappa shape index (κ2) is 6.54. The molecule has 0 radical (unpaired) electrons. The number of oxazole rings is 1. The van der Waals surface area contributed by atoms with E-state index in [1.165, 1.54) is 31.4 Å². The molecular formula is C16H22FN3O. The highest BCUT2D eigenvalue weighted by Gasteiger charge is 2.20. The van der Waals surface area contributed by atoms with Crippen LogP contribution in [-0.4, -0.2) is 36.6 Å². The first kappa shape index (κ1) is 14.5. The third-order valence-corrected chi connectivity index (χ3v) is 4.26. The van der Waals surface area contributed by atoms with E-state index in [0.29, 0.717) is 17.0 Å². The Labute approximate surface area is 124 Å². The molecule has 1 N–H and O–H groups in total. The summed E-state index contributed by atoms with van der Waals surface area (Å²) < 4.78 is 18.8. The van der Waals surface area contributed by atoms with Crippen LogP contribution < -0.4 is 5.32 Å². The zero-order chi connectivity index (χ0) is 14.7. The van der Waals surface area contributed by atoms with E-state index in [2.05, 4.69) is 15.2 Å². The van der Waals surface area contributed by atoms with Crippen LogP contribution in [0.5, 0.6) is 0 Å². The third kappa shape index (κ3) is 3.60. The summed E-state index contributed by atoms with van der Waals surface area (Å²) in [5.74, 6) is 1.24. The Morgan fingerprint density at radius 1 is 1.38 bits per heavy atom. The Balaban J connectivity index is 1.56. The summed E-state index contributed by atoms with van der Waals surface area (Å²) in [5, 5.41) is 3.22. The number of benzene rings is 1. The van der Waals surface area contributed by atoms with Crippen molar-refractivity contribution in [1.82, 2.24) is 15.2 Å². The van der Waals surface area contributed by atoms with Crippen LogP contribution in [0.15, 0.2) is 22.6 Å². The Morgan fingerprint density at radius 2 is 2.19 bits per heavy atom. The molecule has 0 unspecified atom stereocenters. The number of nitrogens with one attached hydrogen (secondary N) is 1. The number of nitrogens with zero attached hydrogens (tertiary/aromatic N) is 2. The number of aromatic nitrogens is 1. The molecule has 3 rings (SSSR count). The lowest BCUT2D eigenvalue weighted by Crippen LogP contribution is -2.34. The van der Waals surface area contributed by atoms with Crippen molar-refractivity contribution in [2.24, 2.45) is 5.92 Å². The van der Waals surface area contributed by atoms with E-state index in [1.807, 2.05) is 7.05 Å². The average Bonchev–Trinajstić information content (AvgIpc) is 2.88. The van der Waals surface area contributed by atoms with E-state index < -0.39 is 0 Å². The Bertz CT molecular complexity index is 590. The molecule has 0 spiro atoms. The molecule has 1 fully saturated rings. The molecule has 0 atom stereocenters. The van der Waals surface area contributed by atoms with Gasteiger partial charge < -0.3 is 9.73 Å². The van der Waals surface area contributed by atoms with Crippen molar-refractivity contribution in [3.8, 4) is 0 Å². The van der Waals surface area contributed by atoms with E-state index in [0.717, 1.165) is 32.1 Å². The fourth-order valence-electron chi connectivity index (χ4n) is 2.99. The molecule has 4 nitrogen and oxygen atoms in total. The molecule has 0 amide bonds. The number of piperidine rings is 1. The first-order chi connectivity index (χ1) is 10.2. The highest BCUT2D eigenvalue weighted by Crippen LogP contribution is 2.23. The zero-order valence-corrected chi connectivity index (χ0v) is 12.4. The maximum absolute atomic E-state index is 13.2. The second-order valence-corrected chi connectivity index (χ2v) is 5.83. The molecule has 2 heterocycles. The Morgan fingerprint density at radius 3 is 2.95 bits per heavy atom. The zero-order valence-electron chi connectivity index (χ0n) is 12.4. The summed E-state index contributed by atoms with van der Waals surface area (Å²) in [5.41, 5.74) is 1.27. The van der Waals surface area contributed by atoms with E-state index in [1.54, 1.807) is 6.07 Å². The fourth-order valence-corrected chi connectivity index (χ4v) is 2.99. The standard InChI is InChI=1S/C16H22FN3O/c1-18-7-4-12-5-8-20(9-6-12)11-16-19-14-10-13(17)2-3-15(14)21-16/h2-3,10,12,18H,4-9,11H2,1H3. The lowest BCUT2D eigenvalue weighted by Gasteiger charge is -2.31. The van der Waals surface area contributed by atoms with Gasteiger partial charge in [-0.1, -0.05) is 0 Å². The van der Waals surface area contributed by atoms with Gasteiger partial charge in [-0.15, -0.1) is 0 Å². The topological polar surface area (TPSA) is 41.3 Å². The minimum Gasteiger partial charge on any atom is -0.439 e. The first-order valence-corrected chi connectivity index (χ1v) is 7.66. The van der Waals surface area contributed by atoms with Crippen LogP contribution in [0.25, 0.3) is 11.1 Å². The number of rotatable bonds is 5. The van der Waals surface area contributed by atoms with E-state index >= 15 is 0 Å². The van der Waals surface area contributed by atoms with E-state index in [4.69, 9.17) is 4.42 Å². The van der Waals surface area contributed by atoms with Gasteiger partial charge in [0.05, 0.1) is 6.54 Å². The van der Waals surface area contributed by atoms with Crippen molar-refractivity contribution in [2.45, 2.75) is 25.8 Å². The monoisotopic (exact) mass is 291 g/mol. The van der Waals surface area contributed by atoms with Crippen LogP contribution in [0, 0.1) is 11.7 Å². The fraction of sp³-hybridized carbons (Fsp3) is 0.562. The summed E-state index contributed by atoms with van der Waals surface area (Å²) >= 11 is 0. The molecule has 1 aliphatic heterocycles. The van der Waals surface area contributed by atoms with Gasteiger partial charge in [0, 0.05) is 6.07 Å². The molecule has 0 saturated carbocycles. The molecule has 21 heavy (non-hydrogen) atoms. The third-order valence-electron chi connectivity index (χ3n) is 4.26. The number of hydrogen-bond donors (Lipinski definition) is 1. The Kier molecular flexibility index (Phi) is 4.51. The van der Waals surface area contributed by atoms with Crippen LogP contribution in [0.2, 0.25) is 0 Å². The molecule has 0 bridgehead atoms. The lowest BCUT2D eigenvalue weighted by molar-refractivity contribution is 0.161. The van der Waals surface area contributed by atoms with Gasteiger partial charge in [0.1, 0.15) is 11.3 Å². The maximum atomic E-state index is 13.2. The quantitative estimate of drug-likeness (QED) is 0.919. The van der Waals surface area contributed by atoms with Crippen LogP contribution in [0.3, 0.4) is 0 Å². The number of halogens is 1. The molecule has 5 heteroatoms. The van der Waals surface area contributed by atoms with Crippen molar-refractivity contribution < 1.29 is 8.81 Å². The molecule has 1 aromatic heterocycles. The number of likely N-dealkylation sites (tertiary alicyclic amines) is 1. The number of hydrogen-bond acceptors (Lipinski definition) is 4. The largest absolute Gasteiger partial charge is 0.439 e. The summed E-state index contributed by atoms with van der Waals surface area (Å²) in [4.78, 5) is 6.75. The highest BCUT2D eigenvalue weighted by atomic mass is 19.1. The lowest BCUT2D eigenvalue weighted by atomic mass is 9.93. The molecule has 1 saturated heterocycles. The number of fused-ring (bicyclic) bond motifs is 1. The average molecular weight is 291 g/mol. The Hall–Kier alpha value is -1.46. The SMILES string of the molecule is CNCCC1CCN(Cc2nc3cc(F)ccc3o2)CC1. The van der Waals surface area contributed by atoms with E-state index in [9.17, 15) is 4.39 Å². The minimum atomic E-state index is -0.271. The van der Waals surface area contributed by atoms with Crippen molar-refractivity contribution in [3.63, 3.8) is 0 Å². The van der Waals surface area contributed by atoms with Crippen molar-refractivity contribution in [3.05, 3.63) is 29.9 Å². The smallest absolute Gasteiger partial charge is 0.209 e. The van der Waals surface area contributed by atoms with Gasteiger partial charge in [-0.2, -0.15) is 0 Å². The van der Waals surface area contributed by atoms with E-state index in [-0.39, 0.29) is 5.82 Å². The molecule has 2 aromatic rings. The van der Waals surface area contributed by atoms with Crippen LogP contribution in [0.1, 0.15) is 25.2 Å².